The second-order valence-electron chi connectivity index (χ2n) is 7.15. The predicted octanol–water partition coefficient (Wildman–Crippen LogP) is 1.63. The topological polar surface area (TPSA) is 81.8 Å². The van der Waals surface area contributed by atoms with E-state index in [-0.39, 0.29) is 11.7 Å². The summed E-state index contributed by atoms with van der Waals surface area (Å²) in [6, 6.07) is 11.1. The number of amides is 1. The molecule has 1 heterocycles. The normalized spacial score (nSPS) is 15.9. The zero-order valence-electron chi connectivity index (χ0n) is 15.9. The molecule has 0 aromatic heterocycles. The third-order valence-electron chi connectivity index (χ3n) is 5.19. The smallest absolute Gasteiger partial charge is 0.255 e. The third kappa shape index (κ3) is 5.42. The van der Waals surface area contributed by atoms with Crippen LogP contribution in [0.15, 0.2) is 36.4 Å². The lowest BCUT2D eigenvalue weighted by molar-refractivity contribution is 0.0945. The molecule has 0 atom stereocenters. The monoisotopic (exact) mass is 370 g/mol. The molecule has 1 aliphatic rings. The number of benzene rings is 2. The number of nitrogens with two attached hydrogens (primary N) is 1. The van der Waals surface area contributed by atoms with Crippen LogP contribution in [0.4, 0.5) is 0 Å². The summed E-state index contributed by atoms with van der Waals surface area (Å²) in [7, 11) is 0. The summed E-state index contributed by atoms with van der Waals surface area (Å²) >= 11 is 0. The fourth-order valence-corrected chi connectivity index (χ4v) is 3.56. The highest BCUT2D eigenvalue weighted by Gasteiger charge is 2.16. The summed E-state index contributed by atoms with van der Waals surface area (Å²) in [5.41, 5.74) is 5.91. The van der Waals surface area contributed by atoms with Gasteiger partial charge in [-0.25, -0.2) is 0 Å². The van der Waals surface area contributed by atoms with E-state index < -0.39 is 0 Å². The number of piperazine rings is 1. The van der Waals surface area contributed by atoms with Gasteiger partial charge in [-0.2, -0.15) is 0 Å². The van der Waals surface area contributed by atoms with Gasteiger partial charge >= 0.3 is 0 Å². The first-order valence-electron chi connectivity index (χ1n) is 9.82. The Bertz CT molecular complexity index is 757. The van der Waals surface area contributed by atoms with E-state index in [4.69, 9.17) is 5.73 Å². The quantitative estimate of drug-likeness (QED) is 0.616. The van der Waals surface area contributed by atoms with Crippen LogP contribution in [-0.4, -0.2) is 73.2 Å². The first kappa shape index (κ1) is 19.6. The minimum atomic E-state index is -0.218. The van der Waals surface area contributed by atoms with Crippen molar-refractivity contribution in [3.05, 3.63) is 42.0 Å². The molecular weight excluding hydrogens is 340 g/mol. The average Bonchev–Trinajstić information content (AvgIpc) is 2.69. The molecular formula is C21H30N4O2. The van der Waals surface area contributed by atoms with Crippen LogP contribution < -0.4 is 11.1 Å². The molecule has 2 aromatic rings. The Balaban J connectivity index is 1.41. The molecule has 0 bridgehead atoms. The second-order valence-corrected chi connectivity index (χ2v) is 7.15. The van der Waals surface area contributed by atoms with Gasteiger partial charge in [0.25, 0.3) is 5.91 Å². The molecule has 3 rings (SSSR count). The van der Waals surface area contributed by atoms with E-state index in [0.29, 0.717) is 12.1 Å². The van der Waals surface area contributed by atoms with Crippen LogP contribution in [0.5, 0.6) is 5.75 Å². The molecule has 4 N–H and O–H groups in total. The van der Waals surface area contributed by atoms with E-state index in [0.717, 1.165) is 69.4 Å². The number of nitrogens with zero attached hydrogens (tertiary/aromatic N) is 2. The Morgan fingerprint density at radius 2 is 1.59 bits per heavy atom. The SMILES string of the molecule is NCCCN1CCN(CCCNC(=O)c2cc3ccccc3cc2O)CC1. The van der Waals surface area contributed by atoms with Gasteiger partial charge in [0.05, 0.1) is 5.56 Å². The Kier molecular flexibility index (Phi) is 7.04. The molecule has 0 unspecified atom stereocenters. The first-order valence-corrected chi connectivity index (χ1v) is 9.82. The molecule has 1 aliphatic heterocycles. The van der Waals surface area contributed by atoms with E-state index in [1.165, 1.54) is 0 Å². The number of phenolic OH excluding ortho intramolecular Hbond substituents is 1. The Morgan fingerprint density at radius 1 is 1.00 bits per heavy atom. The van der Waals surface area contributed by atoms with Crippen molar-refractivity contribution in [1.29, 1.82) is 0 Å². The molecule has 0 aliphatic carbocycles. The molecule has 2 aromatic carbocycles. The van der Waals surface area contributed by atoms with Gasteiger partial charge in [-0.3, -0.25) is 4.79 Å². The van der Waals surface area contributed by atoms with E-state index in [1.54, 1.807) is 12.1 Å². The van der Waals surface area contributed by atoms with E-state index in [1.807, 2.05) is 24.3 Å². The van der Waals surface area contributed by atoms with Crippen molar-refractivity contribution in [3.63, 3.8) is 0 Å². The lowest BCUT2D eigenvalue weighted by atomic mass is 10.1. The largest absolute Gasteiger partial charge is 0.507 e. The lowest BCUT2D eigenvalue weighted by Gasteiger charge is -2.34. The number of aromatic hydroxyl groups is 1. The standard InChI is InChI=1S/C21H30N4O2/c22-7-3-9-24-11-13-25(14-12-24)10-4-8-23-21(27)19-15-17-5-1-2-6-18(17)16-20(19)26/h1-2,5-6,15-16,26H,3-4,7-14,22H2,(H,23,27). The number of hydrogen-bond donors (Lipinski definition) is 3. The highest BCUT2D eigenvalue weighted by atomic mass is 16.3. The molecule has 1 amide bonds. The van der Waals surface area contributed by atoms with Crippen molar-refractivity contribution in [2.75, 3.05) is 52.4 Å². The van der Waals surface area contributed by atoms with Crippen LogP contribution >= 0.6 is 0 Å². The van der Waals surface area contributed by atoms with Crippen molar-refractivity contribution < 1.29 is 9.90 Å². The zero-order chi connectivity index (χ0) is 19.1. The van der Waals surface area contributed by atoms with Gasteiger partial charge in [-0.1, -0.05) is 24.3 Å². The van der Waals surface area contributed by atoms with Gasteiger partial charge < -0.3 is 26.0 Å². The lowest BCUT2D eigenvalue weighted by Crippen LogP contribution is -2.47. The maximum atomic E-state index is 12.4. The molecule has 6 heteroatoms. The van der Waals surface area contributed by atoms with Crippen molar-refractivity contribution >= 4 is 16.7 Å². The van der Waals surface area contributed by atoms with Crippen LogP contribution in [0.2, 0.25) is 0 Å². The van der Waals surface area contributed by atoms with Crippen LogP contribution in [0.3, 0.4) is 0 Å². The number of nitrogens with one attached hydrogen (secondary N) is 1. The Labute approximate surface area is 160 Å². The van der Waals surface area contributed by atoms with E-state index in [2.05, 4.69) is 15.1 Å². The molecule has 146 valence electrons. The maximum absolute atomic E-state index is 12.4. The molecule has 0 saturated carbocycles. The number of carbonyl (C=O) groups excluding carboxylic acids is 1. The van der Waals surface area contributed by atoms with Crippen molar-refractivity contribution in [2.24, 2.45) is 5.73 Å². The number of hydrogen-bond acceptors (Lipinski definition) is 5. The Morgan fingerprint density at radius 3 is 2.22 bits per heavy atom. The van der Waals surface area contributed by atoms with Gasteiger partial charge in [-0.15, -0.1) is 0 Å². The highest BCUT2D eigenvalue weighted by molar-refractivity contribution is 6.01. The fraction of sp³-hybridized carbons (Fsp3) is 0.476. The van der Waals surface area contributed by atoms with Crippen molar-refractivity contribution in [3.8, 4) is 5.75 Å². The predicted molar refractivity (Wildman–Crippen MR) is 109 cm³/mol. The molecule has 1 fully saturated rings. The molecule has 0 radical (unpaired) electrons. The van der Waals surface area contributed by atoms with Gasteiger partial charge in [0.1, 0.15) is 5.75 Å². The summed E-state index contributed by atoms with van der Waals surface area (Å²) in [6.45, 7) is 7.78. The summed E-state index contributed by atoms with van der Waals surface area (Å²) in [5.74, 6) is -0.190. The summed E-state index contributed by atoms with van der Waals surface area (Å²) in [5, 5.41) is 15.0. The van der Waals surface area contributed by atoms with Gasteiger partial charge in [0.15, 0.2) is 0 Å². The third-order valence-corrected chi connectivity index (χ3v) is 5.19. The summed E-state index contributed by atoms with van der Waals surface area (Å²) in [6.07, 6.45) is 1.97. The van der Waals surface area contributed by atoms with Gasteiger partial charge in [0.2, 0.25) is 0 Å². The summed E-state index contributed by atoms with van der Waals surface area (Å²) in [4.78, 5) is 17.3. The molecule has 0 spiro atoms. The molecule has 27 heavy (non-hydrogen) atoms. The van der Waals surface area contributed by atoms with Gasteiger partial charge in [-0.05, 0) is 55.4 Å². The minimum absolute atomic E-state index is 0.0276. The van der Waals surface area contributed by atoms with Crippen LogP contribution in [0, 0.1) is 0 Å². The van der Waals surface area contributed by atoms with Crippen LogP contribution in [0.1, 0.15) is 23.2 Å². The zero-order valence-corrected chi connectivity index (χ0v) is 15.9. The maximum Gasteiger partial charge on any atom is 0.255 e. The number of rotatable bonds is 8. The Hall–Kier alpha value is -2.15. The van der Waals surface area contributed by atoms with Gasteiger partial charge in [0, 0.05) is 32.7 Å². The van der Waals surface area contributed by atoms with Crippen molar-refractivity contribution in [1.82, 2.24) is 15.1 Å². The van der Waals surface area contributed by atoms with Crippen LogP contribution in [0.25, 0.3) is 10.8 Å². The first-order chi connectivity index (χ1) is 13.2. The fourth-order valence-electron chi connectivity index (χ4n) is 3.56. The highest BCUT2D eigenvalue weighted by Crippen LogP contribution is 2.24. The number of phenols is 1. The van der Waals surface area contributed by atoms with Crippen LogP contribution in [-0.2, 0) is 0 Å². The number of fused-ring (bicyclic) bond motifs is 1. The van der Waals surface area contributed by atoms with Crippen molar-refractivity contribution in [2.45, 2.75) is 12.8 Å². The van der Waals surface area contributed by atoms with E-state index >= 15 is 0 Å². The average molecular weight is 370 g/mol. The molecule has 6 nitrogen and oxygen atoms in total. The second kappa shape index (κ2) is 9.69. The number of carbonyl (C=O) groups is 1. The summed E-state index contributed by atoms with van der Waals surface area (Å²) < 4.78 is 0. The van der Waals surface area contributed by atoms with E-state index in [9.17, 15) is 9.90 Å². The molecule has 1 saturated heterocycles. The minimum Gasteiger partial charge on any atom is -0.507 e.